The molecule has 1 amide bonds. The number of hydrogen-bond donors (Lipinski definition) is 1. The van der Waals surface area contributed by atoms with Gasteiger partial charge in [-0.2, -0.15) is 0 Å². The van der Waals surface area contributed by atoms with Crippen LogP contribution in [0.1, 0.15) is 12.5 Å². The molecule has 0 bridgehead atoms. The van der Waals surface area contributed by atoms with Crippen LogP contribution in [-0.4, -0.2) is 54.1 Å². The Morgan fingerprint density at radius 2 is 1.89 bits per heavy atom. The fraction of sp³-hybridized carbons (Fsp3) is 0.500. The highest BCUT2D eigenvalue weighted by Crippen LogP contribution is 2.04. The second kappa shape index (κ2) is 7.13. The molecular formula is C14H22N2O2. The Morgan fingerprint density at radius 1 is 1.28 bits per heavy atom. The number of carbonyl (C=O) groups is 1. The lowest BCUT2D eigenvalue weighted by atomic mass is 10.2. The summed E-state index contributed by atoms with van der Waals surface area (Å²) in [7, 11) is 3.64. The maximum Gasteiger partial charge on any atom is 0.236 e. The van der Waals surface area contributed by atoms with E-state index in [-0.39, 0.29) is 18.6 Å². The Hall–Kier alpha value is -1.39. The van der Waals surface area contributed by atoms with Gasteiger partial charge < -0.3 is 10.0 Å². The van der Waals surface area contributed by atoms with Gasteiger partial charge in [-0.25, -0.2) is 0 Å². The van der Waals surface area contributed by atoms with E-state index < -0.39 is 0 Å². The van der Waals surface area contributed by atoms with Crippen molar-refractivity contribution in [1.82, 2.24) is 9.80 Å². The average Bonchev–Trinajstić information content (AvgIpc) is 2.38. The Labute approximate surface area is 109 Å². The fourth-order valence-corrected chi connectivity index (χ4v) is 1.57. The zero-order chi connectivity index (χ0) is 13.5. The van der Waals surface area contributed by atoms with Gasteiger partial charge in [-0.15, -0.1) is 0 Å². The van der Waals surface area contributed by atoms with Crippen LogP contribution in [0, 0.1) is 0 Å². The van der Waals surface area contributed by atoms with Crippen LogP contribution in [0.5, 0.6) is 0 Å². The third-order valence-electron chi connectivity index (χ3n) is 3.09. The van der Waals surface area contributed by atoms with Gasteiger partial charge in [-0.3, -0.25) is 9.69 Å². The van der Waals surface area contributed by atoms with Gasteiger partial charge in [0.1, 0.15) is 0 Å². The lowest BCUT2D eigenvalue weighted by molar-refractivity contribution is -0.131. The SMILES string of the molecule is CC(CO)N(C)CC(=O)N(C)Cc1ccccc1. The summed E-state index contributed by atoms with van der Waals surface area (Å²) in [5.74, 6) is 0.0571. The van der Waals surface area contributed by atoms with Crippen LogP contribution in [0.25, 0.3) is 0 Å². The predicted octanol–water partition coefficient (Wildman–Crippen LogP) is 0.958. The van der Waals surface area contributed by atoms with Crippen LogP contribution >= 0.6 is 0 Å². The first-order chi connectivity index (χ1) is 8.54. The quantitative estimate of drug-likeness (QED) is 0.818. The molecule has 0 saturated heterocycles. The molecule has 18 heavy (non-hydrogen) atoms. The topological polar surface area (TPSA) is 43.8 Å². The molecule has 0 aliphatic carbocycles. The van der Waals surface area contributed by atoms with Gasteiger partial charge in [0, 0.05) is 19.6 Å². The summed E-state index contributed by atoms with van der Waals surface area (Å²) in [4.78, 5) is 15.5. The van der Waals surface area contributed by atoms with E-state index in [1.807, 2.05) is 49.2 Å². The van der Waals surface area contributed by atoms with Crippen LogP contribution in [0.3, 0.4) is 0 Å². The predicted molar refractivity (Wildman–Crippen MR) is 72.1 cm³/mol. The fourth-order valence-electron chi connectivity index (χ4n) is 1.57. The molecule has 1 N–H and O–H groups in total. The molecular weight excluding hydrogens is 228 g/mol. The largest absolute Gasteiger partial charge is 0.395 e. The zero-order valence-electron chi connectivity index (χ0n) is 11.3. The van der Waals surface area contributed by atoms with Gasteiger partial charge in [-0.1, -0.05) is 30.3 Å². The van der Waals surface area contributed by atoms with Crippen molar-refractivity contribution in [2.45, 2.75) is 19.5 Å². The van der Waals surface area contributed by atoms with E-state index in [2.05, 4.69) is 0 Å². The van der Waals surface area contributed by atoms with Gasteiger partial charge in [0.25, 0.3) is 0 Å². The van der Waals surface area contributed by atoms with Crippen molar-refractivity contribution in [1.29, 1.82) is 0 Å². The maximum atomic E-state index is 12.0. The molecule has 1 aromatic carbocycles. The van der Waals surface area contributed by atoms with E-state index in [4.69, 9.17) is 5.11 Å². The van der Waals surface area contributed by atoms with Crippen molar-refractivity contribution in [3.05, 3.63) is 35.9 Å². The molecule has 0 fully saturated rings. The molecule has 0 aliphatic heterocycles. The Balaban J connectivity index is 2.47. The molecule has 0 saturated carbocycles. The third kappa shape index (κ3) is 4.47. The molecule has 0 aliphatic rings. The molecule has 0 spiro atoms. The summed E-state index contributed by atoms with van der Waals surface area (Å²) in [5, 5.41) is 9.03. The molecule has 1 unspecified atom stereocenters. The highest BCUT2D eigenvalue weighted by Gasteiger charge is 2.15. The smallest absolute Gasteiger partial charge is 0.236 e. The first-order valence-corrected chi connectivity index (χ1v) is 6.13. The van der Waals surface area contributed by atoms with Crippen molar-refractivity contribution in [3.63, 3.8) is 0 Å². The van der Waals surface area contributed by atoms with Crippen molar-refractivity contribution >= 4 is 5.91 Å². The average molecular weight is 250 g/mol. The summed E-state index contributed by atoms with van der Waals surface area (Å²) in [6.45, 7) is 2.89. The number of likely N-dealkylation sites (N-methyl/N-ethyl adjacent to an activating group) is 2. The van der Waals surface area contributed by atoms with E-state index in [9.17, 15) is 4.79 Å². The van der Waals surface area contributed by atoms with Gasteiger partial charge in [-0.05, 0) is 19.5 Å². The molecule has 100 valence electrons. The summed E-state index contributed by atoms with van der Waals surface area (Å²) in [6.07, 6.45) is 0. The monoisotopic (exact) mass is 250 g/mol. The Morgan fingerprint density at radius 3 is 2.44 bits per heavy atom. The Kier molecular flexibility index (Phi) is 5.82. The zero-order valence-corrected chi connectivity index (χ0v) is 11.3. The van der Waals surface area contributed by atoms with Crippen molar-refractivity contribution in [2.24, 2.45) is 0 Å². The molecule has 1 rings (SSSR count). The van der Waals surface area contributed by atoms with Gasteiger partial charge in [0.15, 0.2) is 0 Å². The lowest BCUT2D eigenvalue weighted by Crippen LogP contribution is -2.41. The molecule has 4 nitrogen and oxygen atoms in total. The van der Waals surface area contributed by atoms with Gasteiger partial charge in [0.2, 0.25) is 5.91 Å². The molecule has 4 heteroatoms. The molecule has 0 radical (unpaired) electrons. The van der Waals surface area contributed by atoms with E-state index in [0.717, 1.165) is 5.56 Å². The third-order valence-corrected chi connectivity index (χ3v) is 3.09. The number of hydrogen-bond acceptors (Lipinski definition) is 3. The maximum absolute atomic E-state index is 12.0. The summed E-state index contributed by atoms with van der Waals surface area (Å²) >= 11 is 0. The van der Waals surface area contributed by atoms with E-state index in [1.54, 1.807) is 11.9 Å². The van der Waals surface area contributed by atoms with Crippen LogP contribution in [0.2, 0.25) is 0 Å². The van der Waals surface area contributed by atoms with Crippen LogP contribution in [-0.2, 0) is 11.3 Å². The summed E-state index contributed by atoms with van der Waals surface area (Å²) in [6, 6.07) is 9.90. The number of amides is 1. The van der Waals surface area contributed by atoms with Crippen LogP contribution in [0.4, 0.5) is 0 Å². The van der Waals surface area contributed by atoms with E-state index in [0.29, 0.717) is 13.1 Å². The number of benzene rings is 1. The van der Waals surface area contributed by atoms with Crippen LogP contribution < -0.4 is 0 Å². The van der Waals surface area contributed by atoms with Gasteiger partial charge in [0.05, 0.1) is 13.2 Å². The number of nitrogens with zero attached hydrogens (tertiary/aromatic N) is 2. The van der Waals surface area contributed by atoms with Crippen molar-refractivity contribution < 1.29 is 9.90 Å². The minimum Gasteiger partial charge on any atom is -0.395 e. The second-order valence-electron chi connectivity index (χ2n) is 4.68. The molecule has 1 atom stereocenters. The number of rotatable bonds is 6. The highest BCUT2D eigenvalue weighted by atomic mass is 16.3. The highest BCUT2D eigenvalue weighted by molar-refractivity contribution is 5.78. The summed E-state index contributed by atoms with van der Waals surface area (Å²) < 4.78 is 0. The second-order valence-corrected chi connectivity index (χ2v) is 4.68. The van der Waals surface area contributed by atoms with E-state index in [1.165, 1.54) is 0 Å². The summed E-state index contributed by atoms with van der Waals surface area (Å²) in [5.41, 5.74) is 1.12. The first kappa shape index (κ1) is 14.7. The number of carbonyl (C=O) groups excluding carboxylic acids is 1. The first-order valence-electron chi connectivity index (χ1n) is 6.13. The minimum atomic E-state index is -0.000856. The number of aliphatic hydroxyl groups excluding tert-OH is 1. The molecule has 0 aromatic heterocycles. The van der Waals surface area contributed by atoms with Gasteiger partial charge >= 0.3 is 0 Å². The lowest BCUT2D eigenvalue weighted by Gasteiger charge is -2.25. The molecule has 1 aromatic rings. The molecule has 0 heterocycles. The van der Waals surface area contributed by atoms with Crippen LogP contribution in [0.15, 0.2) is 30.3 Å². The minimum absolute atomic E-state index is 0.000856. The standard InChI is InChI=1S/C14H22N2O2/c1-12(11-17)15(2)10-14(18)16(3)9-13-7-5-4-6-8-13/h4-8,12,17H,9-11H2,1-3H3. The van der Waals surface area contributed by atoms with Crippen molar-refractivity contribution in [2.75, 3.05) is 27.2 Å². The van der Waals surface area contributed by atoms with E-state index >= 15 is 0 Å². The Bertz CT molecular complexity index is 367. The number of aliphatic hydroxyl groups is 1. The van der Waals surface area contributed by atoms with Crippen molar-refractivity contribution in [3.8, 4) is 0 Å². The normalized spacial score (nSPS) is 12.5.